The highest BCUT2D eigenvalue weighted by atomic mass is 16.4. The van der Waals surface area contributed by atoms with Gasteiger partial charge < -0.3 is 10.8 Å². The molecule has 3 N–H and O–H groups in total. The van der Waals surface area contributed by atoms with E-state index in [1.807, 2.05) is 13.8 Å². The molecule has 0 aromatic heterocycles. The Labute approximate surface area is 97.8 Å². The van der Waals surface area contributed by atoms with E-state index < -0.39 is 5.97 Å². The molecule has 1 aliphatic heterocycles. The van der Waals surface area contributed by atoms with Gasteiger partial charge in [-0.15, -0.1) is 0 Å². The van der Waals surface area contributed by atoms with E-state index >= 15 is 0 Å². The van der Waals surface area contributed by atoms with E-state index in [2.05, 4.69) is 4.90 Å². The van der Waals surface area contributed by atoms with Crippen LogP contribution in [0.2, 0.25) is 0 Å². The molecule has 4 unspecified atom stereocenters. The van der Waals surface area contributed by atoms with Crippen LogP contribution in [0.5, 0.6) is 0 Å². The van der Waals surface area contributed by atoms with Crippen molar-refractivity contribution < 1.29 is 9.90 Å². The highest BCUT2D eigenvalue weighted by Gasteiger charge is 2.30. The molecule has 0 amide bonds. The molecule has 4 nitrogen and oxygen atoms in total. The summed E-state index contributed by atoms with van der Waals surface area (Å²) in [5.41, 5.74) is 5.92. The zero-order chi connectivity index (χ0) is 12.3. The molecular weight excluding hydrogens is 204 g/mol. The maximum atomic E-state index is 10.9. The molecule has 0 spiro atoms. The summed E-state index contributed by atoms with van der Waals surface area (Å²) in [6.07, 6.45) is 2.30. The lowest BCUT2D eigenvalue weighted by Gasteiger charge is -2.39. The number of piperidine rings is 1. The molecule has 1 heterocycles. The van der Waals surface area contributed by atoms with Gasteiger partial charge in [-0.2, -0.15) is 0 Å². The van der Waals surface area contributed by atoms with Crippen molar-refractivity contribution in [2.24, 2.45) is 17.6 Å². The summed E-state index contributed by atoms with van der Waals surface area (Å²) in [5.74, 6) is -0.514. The summed E-state index contributed by atoms with van der Waals surface area (Å²) in [5, 5.41) is 9.01. The second-order valence-electron chi connectivity index (χ2n) is 5.12. The van der Waals surface area contributed by atoms with Gasteiger partial charge in [-0.1, -0.05) is 6.92 Å². The summed E-state index contributed by atoms with van der Waals surface area (Å²) in [7, 11) is 0. The van der Waals surface area contributed by atoms with Crippen LogP contribution >= 0.6 is 0 Å². The SMILES string of the molecule is CC(N)C1CCCN(C(C)C(C)C(=O)O)C1. The molecule has 16 heavy (non-hydrogen) atoms. The molecule has 0 radical (unpaired) electrons. The van der Waals surface area contributed by atoms with E-state index in [4.69, 9.17) is 10.8 Å². The third-order valence-corrected chi connectivity index (χ3v) is 3.92. The standard InChI is InChI=1S/C12H24N2O2/c1-8(12(15)16)10(3)14-6-4-5-11(7-14)9(2)13/h8-11H,4-7,13H2,1-3H3,(H,15,16). The Morgan fingerprint density at radius 1 is 1.44 bits per heavy atom. The van der Waals surface area contributed by atoms with Gasteiger partial charge in [0.15, 0.2) is 0 Å². The minimum absolute atomic E-state index is 0.0963. The fraction of sp³-hybridized carbons (Fsp3) is 0.917. The number of nitrogens with two attached hydrogens (primary N) is 1. The van der Waals surface area contributed by atoms with Gasteiger partial charge >= 0.3 is 5.97 Å². The Hall–Kier alpha value is -0.610. The Morgan fingerprint density at radius 2 is 2.06 bits per heavy atom. The van der Waals surface area contributed by atoms with Gasteiger partial charge in [0.25, 0.3) is 0 Å². The molecule has 1 fully saturated rings. The van der Waals surface area contributed by atoms with Crippen LogP contribution in [0.25, 0.3) is 0 Å². The average molecular weight is 228 g/mol. The minimum Gasteiger partial charge on any atom is -0.481 e. The van der Waals surface area contributed by atoms with E-state index in [1.165, 1.54) is 6.42 Å². The van der Waals surface area contributed by atoms with Crippen LogP contribution in [-0.4, -0.2) is 41.1 Å². The first-order valence-electron chi connectivity index (χ1n) is 6.16. The molecule has 4 heteroatoms. The first-order chi connectivity index (χ1) is 7.43. The number of likely N-dealkylation sites (tertiary alicyclic amines) is 1. The predicted molar refractivity (Wildman–Crippen MR) is 64.2 cm³/mol. The van der Waals surface area contributed by atoms with Crippen LogP contribution in [0.3, 0.4) is 0 Å². The maximum Gasteiger partial charge on any atom is 0.307 e. The summed E-state index contributed by atoms with van der Waals surface area (Å²) in [4.78, 5) is 13.2. The minimum atomic E-state index is -0.713. The summed E-state index contributed by atoms with van der Waals surface area (Å²) < 4.78 is 0. The number of nitrogens with zero attached hydrogens (tertiary/aromatic N) is 1. The van der Waals surface area contributed by atoms with Crippen LogP contribution < -0.4 is 5.73 Å². The van der Waals surface area contributed by atoms with Crippen LogP contribution in [-0.2, 0) is 4.79 Å². The fourth-order valence-electron chi connectivity index (χ4n) is 2.36. The van der Waals surface area contributed by atoms with Gasteiger partial charge in [0, 0.05) is 18.6 Å². The molecule has 0 bridgehead atoms. The number of carbonyl (C=O) groups is 1. The van der Waals surface area contributed by atoms with Crippen molar-refractivity contribution in [3.63, 3.8) is 0 Å². The van der Waals surface area contributed by atoms with E-state index in [9.17, 15) is 4.79 Å². The van der Waals surface area contributed by atoms with E-state index in [0.717, 1.165) is 19.5 Å². The highest BCUT2D eigenvalue weighted by Crippen LogP contribution is 2.23. The van der Waals surface area contributed by atoms with Gasteiger partial charge in [0.2, 0.25) is 0 Å². The third-order valence-electron chi connectivity index (χ3n) is 3.92. The van der Waals surface area contributed by atoms with E-state index in [0.29, 0.717) is 5.92 Å². The molecular formula is C12H24N2O2. The Balaban J connectivity index is 2.56. The van der Waals surface area contributed by atoms with Crippen molar-refractivity contribution in [2.75, 3.05) is 13.1 Å². The lowest BCUT2D eigenvalue weighted by atomic mass is 9.90. The van der Waals surface area contributed by atoms with Crippen molar-refractivity contribution in [2.45, 2.75) is 45.7 Å². The summed E-state index contributed by atoms with van der Waals surface area (Å²) in [6, 6.07) is 0.300. The molecule has 1 rings (SSSR count). The van der Waals surface area contributed by atoms with Crippen LogP contribution in [0.15, 0.2) is 0 Å². The lowest BCUT2D eigenvalue weighted by Crippen LogP contribution is -2.49. The van der Waals surface area contributed by atoms with Gasteiger partial charge in [0.05, 0.1) is 5.92 Å². The van der Waals surface area contributed by atoms with Crippen molar-refractivity contribution in [1.29, 1.82) is 0 Å². The van der Waals surface area contributed by atoms with E-state index in [1.54, 1.807) is 6.92 Å². The number of carboxylic acids is 1. The van der Waals surface area contributed by atoms with Gasteiger partial charge in [-0.3, -0.25) is 9.69 Å². The largest absolute Gasteiger partial charge is 0.481 e. The zero-order valence-corrected chi connectivity index (χ0v) is 10.5. The van der Waals surface area contributed by atoms with Gasteiger partial charge in [0.1, 0.15) is 0 Å². The predicted octanol–water partition coefficient (Wildman–Crippen LogP) is 1.15. The highest BCUT2D eigenvalue weighted by molar-refractivity contribution is 5.70. The second-order valence-corrected chi connectivity index (χ2v) is 5.12. The molecule has 4 atom stereocenters. The quantitative estimate of drug-likeness (QED) is 0.757. The Morgan fingerprint density at radius 3 is 2.56 bits per heavy atom. The van der Waals surface area contributed by atoms with Crippen molar-refractivity contribution in [1.82, 2.24) is 4.90 Å². The lowest BCUT2D eigenvalue weighted by molar-refractivity contribution is -0.143. The zero-order valence-electron chi connectivity index (χ0n) is 10.5. The fourth-order valence-corrected chi connectivity index (χ4v) is 2.36. The van der Waals surface area contributed by atoms with E-state index in [-0.39, 0.29) is 18.0 Å². The number of carboxylic acid groups (broad SMARTS) is 1. The second kappa shape index (κ2) is 5.64. The Kier molecular flexibility index (Phi) is 4.74. The molecule has 1 aliphatic rings. The topological polar surface area (TPSA) is 66.6 Å². The molecule has 94 valence electrons. The number of rotatable bonds is 4. The van der Waals surface area contributed by atoms with Crippen molar-refractivity contribution in [3.8, 4) is 0 Å². The number of hydrogen-bond acceptors (Lipinski definition) is 3. The van der Waals surface area contributed by atoms with Crippen molar-refractivity contribution >= 4 is 5.97 Å². The molecule has 0 aromatic rings. The maximum absolute atomic E-state index is 10.9. The Bertz CT molecular complexity index is 243. The van der Waals surface area contributed by atoms with Crippen LogP contribution in [0.1, 0.15) is 33.6 Å². The summed E-state index contributed by atoms with van der Waals surface area (Å²) >= 11 is 0. The molecule has 0 saturated carbocycles. The van der Waals surface area contributed by atoms with Gasteiger partial charge in [-0.05, 0) is 39.2 Å². The van der Waals surface area contributed by atoms with Crippen LogP contribution in [0, 0.1) is 11.8 Å². The van der Waals surface area contributed by atoms with Gasteiger partial charge in [-0.25, -0.2) is 0 Å². The third kappa shape index (κ3) is 3.19. The average Bonchev–Trinajstić information content (AvgIpc) is 2.27. The smallest absolute Gasteiger partial charge is 0.307 e. The first kappa shape index (κ1) is 13.5. The molecule has 1 saturated heterocycles. The monoisotopic (exact) mass is 228 g/mol. The number of hydrogen-bond donors (Lipinski definition) is 2. The first-order valence-corrected chi connectivity index (χ1v) is 6.16. The summed E-state index contributed by atoms with van der Waals surface area (Å²) in [6.45, 7) is 7.77. The number of aliphatic carboxylic acids is 1. The molecule has 0 aromatic carbocycles. The van der Waals surface area contributed by atoms with Crippen LogP contribution in [0.4, 0.5) is 0 Å². The normalized spacial score (nSPS) is 28.4. The van der Waals surface area contributed by atoms with Crippen molar-refractivity contribution in [3.05, 3.63) is 0 Å². The molecule has 0 aliphatic carbocycles.